The lowest BCUT2D eigenvalue weighted by atomic mass is 10.1. The van der Waals surface area contributed by atoms with Gasteiger partial charge >= 0.3 is 11.9 Å². The van der Waals surface area contributed by atoms with Crippen LogP contribution in [-0.2, 0) is 20.8 Å². The quantitative estimate of drug-likeness (QED) is 0.395. The van der Waals surface area contributed by atoms with Crippen molar-refractivity contribution >= 4 is 29.2 Å². The van der Waals surface area contributed by atoms with Crippen molar-refractivity contribution in [1.82, 2.24) is 4.90 Å². The summed E-state index contributed by atoms with van der Waals surface area (Å²) in [6, 6.07) is 10.3. The molecule has 0 heterocycles. The molecule has 0 fully saturated rings. The maximum Gasteiger partial charge on any atom is 0.337 e. The number of benzene rings is 2. The van der Waals surface area contributed by atoms with Gasteiger partial charge in [0.25, 0.3) is 5.69 Å². The number of likely N-dealkylation sites (N-methyl/N-ethyl adjacent to an activating group) is 1. The van der Waals surface area contributed by atoms with Gasteiger partial charge in [-0.05, 0) is 25.2 Å². The number of methoxy groups -OCH3 is 2. The van der Waals surface area contributed by atoms with E-state index in [2.05, 4.69) is 14.8 Å². The van der Waals surface area contributed by atoms with Crippen molar-refractivity contribution in [3.63, 3.8) is 0 Å². The van der Waals surface area contributed by atoms with Crippen molar-refractivity contribution in [2.24, 2.45) is 0 Å². The number of esters is 2. The molecule has 0 atom stereocenters. The molecule has 0 saturated heterocycles. The van der Waals surface area contributed by atoms with Crippen molar-refractivity contribution in [2.75, 3.05) is 33.1 Å². The fourth-order valence-electron chi connectivity index (χ4n) is 2.79. The Balaban J connectivity index is 2.13. The van der Waals surface area contributed by atoms with Gasteiger partial charge in [0.05, 0.1) is 36.8 Å². The topological polar surface area (TPSA) is 128 Å². The average Bonchev–Trinajstić information content (AvgIpc) is 2.72. The van der Waals surface area contributed by atoms with Crippen molar-refractivity contribution in [3.05, 3.63) is 69.3 Å². The molecule has 2 aromatic carbocycles. The van der Waals surface area contributed by atoms with Gasteiger partial charge in [-0.2, -0.15) is 0 Å². The number of hydrogen-bond acceptors (Lipinski definition) is 8. The van der Waals surface area contributed by atoms with Gasteiger partial charge in [-0.3, -0.25) is 19.8 Å². The minimum absolute atomic E-state index is 0.0294. The number of nitro benzene ring substituents is 1. The lowest BCUT2D eigenvalue weighted by Gasteiger charge is -2.17. The number of nitro groups is 1. The van der Waals surface area contributed by atoms with E-state index in [0.29, 0.717) is 5.56 Å². The largest absolute Gasteiger partial charge is 0.465 e. The van der Waals surface area contributed by atoms with Crippen LogP contribution in [0.1, 0.15) is 26.3 Å². The van der Waals surface area contributed by atoms with Crippen LogP contribution >= 0.6 is 0 Å². The van der Waals surface area contributed by atoms with Crippen molar-refractivity contribution in [2.45, 2.75) is 6.54 Å². The molecule has 0 aromatic heterocycles. The second-order valence-corrected chi connectivity index (χ2v) is 6.39. The van der Waals surface area contributed by atoms with Crippen LogP contribution in [0.15, 0.2) is 42.5 Å². The number of carbonyl (C=O) groups is 3. The average molecular weight is 415 g/mol. The zero-order valence-corrected chi connectivity index (χ0v) is 16.7. The summed E-state index contributed by atoms with van der Waals surface area (Å²) >= 11 is 0. The number of para-hydroxylation sites is 1. The van der Waals surface area contributed by atoms with Crippen molar-refractivity contribution in [1.29, 1.82) is 0 Å². The third-order valence-electron chi connectivity index (χ3n) is 4.10. The molecule has 1 amide bonds. The number of nitrogens with one attached hydrogen (secondary N) is 1. The van der Waals surface area contributed by atoms with Crippen molar-refractivity contribution in [3.8, 4) is 0 Å². The first-order chi connectivity index (χ1) is 14.2. The lowest BCUT2D eigenvalue weighted by Crippen LogP contribution is -2.30. The third-order valence-corrected chi connectivity index (χ3v) is 4.10. The monoisotopic (exact) mass is 415 g/mol. The molecule has 2 aromatic rings. The molecular formula is C20H21N3O7. The first kappa shape index (κ1) is 22.5. The highest BCUT2D eigenvalue weighted by Gasteiger charge is 2.17. The zero-order valence-electron chi connectivity index (χ0n) is 16.7. The van der Waals surface area contributed by atoms with E-state index in [1.807, 2.05) is 0 Å². The summed E-state index contributed by atoms with van der Waals surface area (Å²) in [5.41, 5.74) is 0.798. The van der Waals surface area contributed by atoms with Crippen LogP contribution in [0.3, 0.4) is 0 Å². The number of amides is 1. The SMILES string of the molecule is COC(=O)c1cc(NC(=O)CN(C)Cc2ccccc2[N+](=O)[O-])cc(C(=O)OC)c1. The first-order valence-corrected chi connectivity index (χ1v) is 8.77. The summed E-state index contributed by atoms with van der Waals surface area (Å²) in [6.07, 6.45) is 0. The smallest absolute Gasteiger partial charge is 0.337 e. The third kappa shape index (κ3) is 5.85. The predicted molar refractivity (Wildman–Crippen MR) is 107 cm³/mol. The molecule has 0 saturated carbocycles. The Labute approximate surface area is 172 Å². The molecule has 158 valence electrons. The highest BCUT2D eigenvalue weighted by Crippen LogP contribution is 2.20. The predicted octanol–water partition coefficient (Wildman–Crippen LogP) is 2.24. The van der Waals surface area contributed by atoms with E-state index in [-0.39, 0.29) is 35.6 Å². The van der Waals surface area contributed by atoms with Gasteiger partial charge in [0.1, 0.15) is 0 Å². The van der Waals surface area contributed by atoms with Crippen LogP contribution in [0.4, 0.5) is 11.4 Å². The first-order valence-electron chi connectivity index (χ1n) is 8.77. The van der Waals surface area contributed by atoms with Gasteiger partial charge < -0.3 is 14.8 Å². The normalized spacial score (nSPS) is 10.4. The molecule has 10 nitrogen and oxygen atoms in total. The number of rotatable bonds is 8. The van der Waals surface area contributed by atoms with Crippen LogP contribution in [0, 0.1) is 10.1 Å². The van der Waals surface area contributed by atoms with Gasteiger partial charge in [-0.15, -0.1) is 0 Å². The number of ether oxygens (including phenoxy) is 2. The lowest BCUT2D eigenvalue weighted by molar-refractivity contribution is -0.385. The molecule has 0 unspecified atom stereocenters. The van der Waals surface area contributed by atoms with Crippen LogP contribution < -0.4 is 5.32 Å². The molecule has 0 aliphatic carbocycles. The van der Waals surface area contributed by atoms with Crippen LogP contribution in [-0.4, -0.2) is 55.5 Å². The van der Waals surface area contributed by atoms with Crippen LogP contribution in [0.5, 0.6) is 0 Å². The fraction of sp³-hybridized carbons (Fsp3) is 0.250. The molecule has 0 aliphatic heterocycles. The fourth-order valence-corrected chi connectivity index (χ4v) is 2.79. The molecule has 0 bridgehead atoms. The summed E-state index contributed by atoms with van der Waals surface area (Å²) in [5.74, 6) is -1.79. The Morgan fingerprint density at radius 2 is 1.60 bits per heavy atom. The Morgan fingerprint density at radius 3 is 2.13 bits per heavy atom. The standard InChI is InChI=1S/C20H21N3O7/c1-22(11-13-6-4-5-7-17(13)23(27)28)12-18(24)21-16-9-14(19(25)29-2)8-15(10-16)20(26)30-3/h4-10H,11-12H2,1-3H3,(H,21,24). The molecule has 0 aliphatic rings. The Hall–Kier alpha value is -3.79. The zero-order chi connectivity index (χ0) is 22.3. The summed E-state index contributed by atoms with van der Waals surface area (Å²) < 4.78 is 9.32. The molecule has 1 N–H and O–H groups in total. The second-order valence-electron chi connectivity index (χ2n) is 6.39. The van der Waals surface area contributed by atoms with Crippen LogP contribution in [0.25, 0.3) is 0 Å². The summed E-state index contributed by atoms with van der Waals surface area (Å²) in [5, 5.41) is 13.7. The number of hydrogen-bond donors (Lipinski definition) is 1. The van der Waals surface area contributed by atoms with Crippen molar-refractivity contribution < 1.29 is 28.8 Å². The van der Waals surface area contributed by atoms with Gasteiger partial charge in [0.15, 0.2) is 0 Å². The van der Waals surface area contributed by atoms with E-state index in [9.17, 15) is 24.5 Å². The summed E-state index contributed by atoms with van der Waals surface area (Å²) in [4.78, 5) is 48.3. The second kappa shape index (κ2) is 10.1. The molecule has 0 radical (unpaired) electrons. The highest BCUT2D eigenvalue weighted by atomic mass is 16.6. The Morgan fingerprint density at radius 1 is 1.03 bits per heavy atom. The highest BCUT2D eigenvalue weighted by molar-refractivity contribution is 5.99. The van der Waals surface area contributed by atoms with Crippen LogP contribution in [0.2, 0.25) is 0 Å². The maximum atomic E-state index is 12.4. The van der Waals surface area contributed by atoms with E-state index < -0.39 is 22.8 Å². The minimum Gasteiger partial charge on any atom is -0.465 e. The summed E-state index contributed by atoms with van der Waals surface area (Å²) in [6.45, 7) is 0.0994. The van der Waals surface area contributed by atoms with Gasteiger partial charge in [0, 0.05) is 23.9 Å². The van der Waals surface area contributed by atoms with E-state index in [1.165, 1.54) is 38.5 Å². The number of anilines is 1. The van der Waals surface area contributed by atoms with E-state index in [1.54, 1.807) is 30.1 Å². The Kier molecular flexibility index (Phi) is 7.59. The summed E-state index contributed by atoms with van der Waals surface area (Å²) in [7, 11) is 4.04. The number of carbonyl (C=O) groups excluding carboxylic acids is 3. The molecule has 30 heavy (non-hydrogen) atoms. The Bertz CT molecular complexity index is 940. The molecular weight excluding hydrogens is 394 g/mol. The number of nitrogens with zero attached hydrogens (tertiary/aromatic N) is 2. The van der Waals surface area contributed by atoms with E-state index in [0.717, 1.165) is 0 Å². The van der Waals surface area contributed by atoms with Gasteiger partial charge in [-0.1, -0.05) is 18.2 Å². The van der Waals surface area contributed by atoms with Gasteiger partial charge in [0.2, 0.25) is 5.91 Å². The molecule has 0 spiro atoms. The molecule has 2 rings (SSSR count). The van der Waals surface area contributed by atoms with Gasteiger partial charge in [-0.25, -0.2) is 9.59 Å². The minimum atomic E-state index is -0.676. The molecule has 10 heteroatoms. The van der Waals surface area contributed by atoms with E-state index >= 15 is 0 Å². The maximum absolute atomic E-state index is 12.4. The van der Waals surface area contributed by atoms with E-state index in [4.69, 9.17) is 0 Å².